The summed E-state index contributed by atoms with van der Waals surface area (Å²) in [6.45, 7) is 4.83. The molecule has 0 spiro atoms. The third-order valence-electron chi connectivity index (χ3n) is 2.23. The number of hydrogen-bond donors (Lipinski definition) is 3. The molecule has 0 unspecified atom stereocenters. The van der Waals surface area contributed by atoms with Gasteiger partial charge in [-0.15, -0.1) is 0 Å². The second kappa shape index (κ2) is 6.45. The Morgan fingerprint density at radius 2 is 2.06 bits per heavy atom. The van der Waals surface area contributed by atoms with Crippen LogP contribution in [-0.2, 0) is 0 Å². The van der Waals surface area contributed by atoms with Crippen LogP contribution in [0.15, 0.2) is 24.3 Å². The van der Waals surface area contributed by atoms with Crippen molar-refractivity contribution in [2.75, 3.05) is 18.5 Å². The van der Waals surface area contributed by atoms with Crippen molar-refractivity contribution in [1.82, 2.24) is 5.32 Å². The largest absolute Gasteiger partial charge is 0.395 e. The quantitative estimate of drug-likeness (QED) is 0.703. The molecule has 0 heterocycles. The van der Waals surface area contributed by atoms with Crippen LogP contribution in [0.1, 0.15) is 25.3 Å². The Kier molecular flexibility index (Phi) is 5.22. The van der Waals surface area contributed by atoms with Gasteiger partial charge in [-0.05, 0) is 29.8 Å². The van der Waals surface area contributed by atoms with Crippen molar-refractivity contribution in [1.29, 1.82) is 0 Å². The maximum absolute atomic E-state index is 8.67. The van der Waals surface area contributed by atoms with Crippen LogP contribution < -0.4 is 10.6 Å². The Hall–Kier alpha value is -1.13. The van der Waals surface area contributed by atoms with Gasteiger partial charge in [0.2, 0.25) is 0 Å². The molecule has 0 aliphatic heterocycles. The molecule has 0 saturated heterocycles. The predicted molar refractivity (Wildman–Crippen MR) is 71.8 cm³/mol. The number of nitrogens with one attached hydrogen (secondary N) is 2. The molecule has 0 fully saturated rings. The van der Waals surface area contributed by atoms with E-state index in [1.54, 1.807) is 0 Å². The average molecular weight is 238 g/mol. The Morgan fingerprint density at radius 3 is 2.69 bits per heavy atom. The predicted octanol–water partition coefficient (Wildman–Crippen LogP) is 2.09. The average Bonchev–Trinajstić information content (AvgIpc) is 2.27. The number of benzene rings is 1. The minimum Gasteiger partial charge on any atom is -0.395 e. The van der Waals surface area contributed by atoms with Gasteiger partial charge in [0.25, 0.3) is 0 Å². The van der Waals surface area contributed by atoms with Crippen LogP contribution in [0.5, 0.6) is 0 Å². The van der Waals surface area contributed by atoms with Crippen molar-refractivity contribution >= 4 is 23.0 Å². The highest BCUT2D eigenvalue weighted by atomic mass is 32.1. The first-order chi connectivity index (χ1) is 7.65. The van der Waals surface area contributed by atoms with Crippen molar-refractivity contribution < 1.29 is 5.11 Å². The number of thiocarbonyl (C=S) groups is 1. The minimum atomic E-state index is 0.0770. The van der Waals surface area contributed by atoms with Gasteiger partial charge in [0, 0.05) is 12.2 Å². The standard InChI is InChI=1S/C12H18N2OS/c1-9(2)10-5-3-4-6-11(10)14-12(16)13-7-8-15/h3-6,9,15H,7-8H2,1-2H3,(H2,13,14,16). The molecule has 88 valence electrons. The number of rotatable bonds is 4. The first kappa shape index (κ1) is 12.9. The van der Waals surface area contributed by atoms with Crippen LogP contribution in [0.2, 0.25) is 0 Å². The second-order valence-electron chi connectivity index (χ2n) is 3.85. The molecular formula is C12H18N2OS. The lowest BCUT2D eigenvalue weighted by atomic mass is 10.0. The Labute approximate surface area is 102 Å². The van der Waals surface area contributed by atoms with Crippen molar-refractivity contribution in [2.45, 2.75) is 19.8 Å². The van der Waals surface area contributed by atoms with E-state index in [-0.39, 0.29) is 6.61 Å². The molecule has 3 nitrogen and oxygen atoms in total. The van der Waals surface area contributed by atoms with E-state index >= 15 is 0 Å². The fourth-order valence-electron chi connectivity index (χ4n) is 1.45. The lowest BCUT2D eigenvalue weighted by Gasteiger charge is -2.15. The SMILES string of the molecule is CC(C)c1ccccc1NC(=S)NCCO. The van der Waals surface area contributed by atoms with Crippen molar-refractivity contribution in [2.24, 2.45) is 0 Å². The minimum absolute atomic E-state index is 0.0770. The van der Waals surface area contributed by atoms with Gasteiger partial charge in [0.05, 0.1) is 6.61 Å². The third-order valence-corrected chi connectivity index (χ3v) is 2.47. The molecule has 0 bridgehead atoms. The Morgan fingerprint density at radius 1 is 1.38 bits per heavy atom. The second-order valence-corrected chi connectivity index (χ2v) is 4.25. The first-order valence-electron chi connectivity index (χ1n) is 5.39. The molecular weight excluding hydrogens is 220 g/mol. The zero-order chi connectivity index (χ0) is 12.0. The fourth-order valence-corrected chi connectivity index (χ4v) is 1.66. The highest BCUT2D eigenvalue weighted by Crippen LogP contribution is 2.23. The van der Waals surface area contributed by atoms with Crippen molar-refractivity contribution in [3.8, 4) is 0 Å². The van der Waals surface area contributed by atoms with Crippen LogP contribution in [-0.4, -0.2) is 23.4 Å². The van der Waals surface area contributed by atoms with Gasteiger partial charge in [-0.2, -0.15) is 0 Å². The number of hydrogen-bond acceptors (Lipinski definition) is 2. The maximum atomic E-state index is 8.67. The van der Waals surface area contributed by atoms with E-state index in [0.717, 1.165) is 5.69 Å². The summed E-state index contributed by atoms with van der Waals surface area (Å²) in [6, 6.07) is 8.08. The lowest BCUT2D eigenvalue weighted by Crippen LogP contribution is -2.31. The summed E-state index contributed by atoms with van der Waals surface area (Å²) in [5.41, 5.74) is 2.25. The van der Waals surface area contributed by atoms with Crippen LogP contribution in [0.25, 0.3) is 0 Å². The van der Waals surface area contributed by atoms with E-state index in [1.165, 1.54) is 5.56 Å². The number of anilines is 1. The molecule has 0 atom stereocenters. The molecule has 16 heavy (non-hydrogen) atoms. The van der Waals surface area contributed by atoms with E-state index in [9.17, 15) is 0 Å². The van der Waals surface area contributed by atoms with Crippen LogP contribution in [0.4, 0.5) is 5.69 Å². The number of aliphatic hydroxyl groups excluding tert-OH is 1. The molecule has 0 radical (unpaired) electrons. The first-order valence-corrected chi connectivity index (χ1v) is 5.80. The van der Waals surface area contributed by atoms with Crippen molar-refractivity contribution in [3.63, 3.8) is 0 Å². The summed E-state index contributed by atoms with van der Waals surface area (Å²) >= 11 is 5.11. The van der Waals surface area contributed by atoms with Gasteiger partial charge in [-0.3, -0.25) is 0 Å². The summed E-state index contributed by atoms with van der Waals surface area (Å²) in [5.74, 6) is 0.448. The summed E-state index contributed by atoms with van der Waals surface area (Å²) in [6.07, 6.45) is 0. The molecule has 0 aliphatic carbocycles. The molecule has 0 aromatic heterocycles. The van der Waals surface area contributed by atoms with Crippen molar-refractivity contribution in [3.05, 3.63) is 29.8 Å². The lowest BCUT2D eigenvalue weighted by molar-refractivity contribution is 0.301. The Bertz CT molecular complexity index is 353. The van der Waals surface area contributed by atoms with Gasteiger partial charge < -0.3 is 15.7 Å². The number of aliphatic hydroxyl groups is 1. The topological polar surface area (TPSA) is 44.3 Å². The third kappa shape index (κ3) is 3.79. The van der Waals surface area contributed by atoms with Crippen LogP contribution in [0, 0.1) is 0 Å². The smallest absolute Gasteiger partial charge is 0.170 e. The van der Waals surface area contributed by atoms with E-state index in [2.05, 4.69) is 30.5 Å². The zero-order valence-corrected chi connectivity index (χ0v) is 10.5. The van der Waals surface area contributed by atoms with Crippen LogP contribution >= 0.6 is 12.2 Å². The van der Waals surface area contributed by atoms with Gasteiger partial charge in [-0.25, -0.2) is 0 Å². The molecule has 4 heteroatoms. The summed E-state index contributed by atoms with van der Waals surface area (Å²) in [4.78, 5) is 0. The van der Waals surface area contributed by atoms with E-state index < -0.39 is 0 Å². The van der Waals surface area contributed by atoms with Crippen LogP contribution in [0.3, 0.4) is 0 Å². The molecule has 3 N–H and O–H groups in total. The highest BCUT2D eigenvalue weighted by molar-refractivity contribution is 7.80. The van der Waals surface area contributed by atoms with Gasteiger partial charge in [0.1, 0.15) is 0 Å². The molecule has 1 rings (SSSR count). The molecule has 1 aromatic rings. The maximum Gasteiger partial charge on any atom is 0.170 e. The van der Waals surface area contributed by atoms with E-state index in [4.69, 9.17) is 17.3 Å². The normalized spacial score (nSPS) is 10.2. The van der Waals surface area contributed by atoms with E-state index in [0.29, 0.717) is 17.6 Å². The monoisotopic (exact) mass is 238 g/mol. The highest BCUT2D eigenvalue weighted by Gasteiger charge is 2.06. The molecule has 0 saturated carbocycles. The Balaban J connectivity index is 2.69. The van der Waals surface area contributed by atoms with Gasteiger partial charge in [-0.1, -0.05) is 32.0 Å². The summed E-state index contributed by atoms with van der Waals surface area (Å²) in [7, 11) is 0. The molecule has 0 amide bonds. The molecule has 0 aliphatic rings. The van der Waals surface area contributed by atoms with E-state index in [1.807, 2.05) is 18.2 Å². The van der Waals surface area contributed by atoms with Gasteiger partial charge >= 0.3 is 0 Å². The fraction of sp³-hybridized carbons (Fsp3) is 0.417. The summed E-state index contributed by atoms with van der Waals surface area (Å²) < 4.78 is 0. The number of para-hydroxylation sites is 1. The molecule has 1 aromatic carbocycles. The summed E-state index contributed by atoms with van der Waals surface area (Å²) in [5, 5.41) is 15.3. The van der Waals surface area contributed by atoms with Gasteiger partial charge in [0.15, 0.2) is 5.11 Å². The zero-order valence-electron chi connectivity index (χ0n) is 9.66.